The van der Waals surface area contributed by atoms with Crippen molar-refractivity contribution in [3.8, 4) is 0 Å². The van der Waals surface area contributed by atoms with Gasteiger partial charge in [0.15, 0.2) is 0 Å². The molecule has 7 nitrogen and oxygen atoms in total. The monoisotopic (exact) mass is 238 g/mol. The molecule has 1 amide bonds. The van der Waals surface area contributed by atoms with Gasteiger partial charge in [0.25, 0.3) is 0 Å². The molecular formula is C10H18N6O. The largest absolute Gasteiger partial charge is 0.361 e. The van der Waals surface area contributed by atoms with Crippen LogP contribution in [0.25, 0.3) is 0 Å². The van der Waals surface area contributed by atoms with Crippen LogP contribution in [-0.2, 0) is 4.79 Å². The van der Waals surface area contributed by atoms with Crippen LogP contribution in [0.4, 0.5) is 11.8 Å². The van der Waals surface area contributed by atoms with Gasteiger partial charge in [0.1, 0.15) is 5.82 Å². The number of hydrogen-bond acceptors (Lipinski definition) is 6. The average molecular weight is 238 g/mol. The predicted molar refractivity (Wildman–Crippen MR) is 66.4 cm³/mol. The first-order valence-electron chi connectivity index (χ1n) is 5.36. The van der Waals surface area contributed by atoms with Gasteiger partial charge in [-0.25, -0.2) is 10.8 Å². The number of carbonyl (C=O) groups is 1. The summed E-state index contributed by atoms with van der Waals surface area (Å²) in [6.07, 6.45) is 1.64. The van der Waals surface area contributed by atoms with Crippen molar-refractivity contribution in [1.82, 2.24) is 14.9 Å². The number of amides is 1. The quantitative estimate of drug-likeness (QED) is 0.492. The number of aromatic nitrogens is 2. The summed E-state index contributed by atoms with van der Waals surface area (Å²) in [5.74, 6) is 6.14. The molecule has 0 aliphatic rings. The number of carbonyl (C=O) groups excluding carboxylic acids is 1. The van der Waals surface area contributed by atoms with E-state index in [1.54, 1.807) is 18.1 Å². The standard InChI is InChI=1S/C10H18N6O/c1-4-16(3)8(17)6-12-9-7(2)5-13-10(14-9)15-11/h5H,4,6,11H2,1-3H3,(H2,12,13,14,15). The number of aryl methyl sites for hydroxylation is 1. The lowest BCUT2D eigenvalue weighted by molar-refractivity contribution is -0.127. The summed E-state index contributed by atoms with van der Waals surface area (Å²) in [6.45, 7) is 4.66. The molecule has 0 atom stereocenters. The number of nitrogen functional groups attached to an aromatic ring is 1. The Morgan fingerprint density at radius 1 is 1.59 bits per heavy atom. The van der Waals surface area contributed by atoms with E-state index >= 15 is 0 Å². The fourth-order valence-electron chi connectivity index (χ4n) is 1.16. The molecule has 0 unspecified atom stereocenters. The minimum Gasteiger partial charge on any atom is -0.361 e. The Morgan fingerprint density at radius 3 is 2.88 bits per heavy atom. The average Bonchev–Trinajstić information content (AvgIpc) is 2.36. The maximum Gasteiger partial charge on any atom is 0.241 e. The Kier molecular flexibility index (Phi) is 4.65. The first kappa shape index (κ1) is 13.2. The number of hydrazine groups is 1. The lowest BCUT2D eigenvalue weighted by Gasteiger charge is -2.15. The van der Waals surface area contributed by atoms with E-state index in [9.17, 15) is 4.79 Å². The lowest BCUT2D eigenvalue weighted by Crippen LogP contribution is -2.32. The molecule has 0 aromatic carbocycles. The van der Waals surface area contributed by atoms with Gasteiger partial charge in [-0.1, -0.05) is 0 Å². The SMILES string of the molecule is CCN(C)C(=O)CNc1nc(NN)ncc1C. The molecule has 0 radical (unpaired) electrons. The van der Waals surface area contributed by atoms with Crippen LogP contribution in [0.15, 0.2) is 6.20 Å². The van der Waals surface area contributed by atoms with E-state index in [1.807, 2.05) is 13.8 Å². The molecule has 0 aliphatic heterocycles. The molecule has 0 saturated heterocycles. The zero-order valence-electron chi connectivity index (χ0n) is 10.3. The summed E-state index contributed by atoms with van der Waals surface area (Å²) in [7, 11) is 1.75. The first-order valence-corrected chi connectivity index (χ1v) is 5.36. The van der Waals surface area contributed by atoms with E-state index in [4.69, 9.17) is 5.84 Å². The van der Waals surface area contributed by atoms with Gasteiger partial charge in [0.2, 0.25) is 11.9 Å². The first-order chi connectivity index (χ1) is 8.08. The van der Waals surface area contributed by atoms with Crippen LogP contribution in [0.5, 0.6) is 0 Å². The van der Waals surface area contributed by atoms with Gasteiger partial charge in [0, 0.05) is 25.4 Å². The molecule has 17 heavy (non-hydrogen) atoms. The van der Waals surface area contributed by atoms with Crippen molar-refractivity contribution in [1.29, 1.82) is 0 Å². The molecule has 0 spiro atoms. The molecule has 94 valence electrons. The summed E-state index contributed by atoms with van der Waals surface area (Å²) < 4.78 is 0. The summed E-state index contributed by atoms with van der Waals surface area (Å²) in [4.78, 5) is 21.3. The highest BCUT2D eigenvalue weighted by Gasteiger charge is 2.08. The summed E-state index contributed by atoms with van der Waals surface area (Å²) in [5, 5.41) is 2.96. The molecule has 1 aromatic heterocycles. The molecule has 1 heterocycles. The second kappa shape index (κ2) is 6.00. The Hall–Kier alpha value is -1.89. The van der Waals surface area contributed by atoms with Crippen molar-refractivity contribution >= 4 is 17.7 Å². The Labute approximate surface area is 100 Å². The molecule has 0 aliphatic carbocycles. The number of nitrogens with one attached hydrogen (secondary N) is 2. The van der Waals surface area contributed by atoms with E-state index in [1.165, 1.54) is 0 Å². The topological polar surface area (TPSA) is 96.2 Å². The third-order valence-corrected chi connectivity index (χ3v) is 2.41. The zero-order valence-corrected chi connectivity index (χ0v) is 10.3. The fraction of sp³-hybridized carbons (Fsp3) is 0.500. The molecule has 7 heteroatoms. The molecule has 0 saturated carbocycles. The molecule has 0 bridgehead atoms. The van der Waals surface area contributed by atoms with Crippen LogP contribution in [0, 0.1) is 6.92 Å². The Bertz CT molecular complexity index is 394. The molecule has 1 aromatic rings. The highest BCUT2D eigenvalue weighted by atomic mass is 16.2. The van der Waals surface area contributed by atoms with Gasteiger partial charge >= 0.3 is 0 Å². The molecule has 0 fully saturated rings. The van der Waals surface area contributed by atoms with Crippen molar-refractivity contribution in [2.75, 3.05) is 30.9 Å². The smallest absolute Gasteiger partial charge is 0.241 e. The van der Waals surface area contributed by atoms with Crippen LogP contribution in [0.2, 0.25) is 0 Å². The second-order valence-corrected chi connectivity index (χ2v) is 3.63. The number of rotatable bonds is 5. The second-order valence-electron chi connectivity index (χ2n) is 3.63. The Morgan fingerprint density at radius 2 is 2.29 bits per heavy atom. The Balaban J connectivity index is 2.65. The van der Waals surface area contributed by atoms with E-state index in [-0.39, 0.29) is 12.5 Å². The number of nitrogens with zero attached hydrogens (tertiary/aromatic N) is 3. The van der Waals surface area contributed by atoms with Crippen LogP contribution >= 0.6 is 0 Å². The number of hydrogen-bond donors (Lipinski definition) is 3. The summed E-state index contributed by atoms with van der Waals surface area (Å²) in [5.41, 5.74) is 3.22. The molecular weight excluding hydrogens is 220 g/mol. The van der Waals surface area contributed by atoms with Crippen LogP contribution in [0.3, 0.4) is 0 Å². The number of anilines is 2. The van der Waals surface area contributed by atoms with E-state index in [2.05, 4.69) is 20.7 Å². The maximum absolute atomic E-state index is 11.6. The van der Waals surface area contributed by atoms with Crippen molar-refractivity contribution in [3.05, 3.63) is 11.8 Å². The normalized spacial score (nSPS) is 9.88. The minimum absolute atomic E-state index is 0.00719. The predicted octanol–water partition coefficient (Wildman–Crippen LogP) is -0.0392. The molecule has 1 rings (SSSR count). The van der Waals surface area contributed by atoms with E-state index in [0.29, 0.717) is 18.3 Å². The van der Waals surface area contributed by atoms with Crippen LogP contribution < -0.4 is 16.6 Å². The van der Waals surface area contributed by atoms with Gasteiger partial charge in [-0.2, -0.15) is 4.98 Å². The summed E-state index contributed by atoms with van der Waals surface area (Å²) in [6, 6.07) is 0. The highest BCUT2D eigenvalue weighted by molar-refractivity contribution is 5.80. The van der Waals surface area contributed by atoms with E-state index in [0.717, 1.165) is 5.56 Å². The molecule has 4 N–H and O–H groups in total. The van der Waals surface area contributed by atoms with Gasteiger partial charge in [-0.05, 0) is 13.8 Å². The van der Waals surface area contributed by atoms with E-state index < -0.39 is 0 Å². The highest BCUT2D eigenvalue weighted by Crippen LogP contribution is 2.11. The van der Waals surface area contributed by atoms with Gasteiger partial charge in [0.05, 0.1) is 6.54 Å². The maximum atomic E-state index is 11.6. The van der Waals surface area contributed by atoms with Gasteiger partial charge < -0.3 is 10.2 Å². The summed E-state index contributed by atoms with van der Waals surface area (Å²) >= 11 is 0. The third kappa shape index (κ3) is 3.56. The zero-order chi connectivity index (χ0) is 12.8. The number of likely N-dealkylation sites (N-methyl/N-ethyl adjacent to an activating group) is 1. The van der Waals surface area contributed by atoms with Crippen molar-refractivity contribution in [3.63, 3.8) is 0 Å². The lowest BCUT2D eigenvalue weighted by atomic mass is 10.3. The van der Waals surface area contributed by atoms with Crippen LogP contribution in [0.1, 0.15) is 12.5 Å². The fourth-order valence-corrected chi connectivity index (χ4v) is 1.16. The number of nitrogens with two attached hydrogens (primary N) is 1. The van der Waals surface area contributed by atoms with Crippen LogP contribution in [-0.4, -0.2) is 40.9 Å². The van der Waals surface area contributed by atoms with Gasteiger partial charge in [-0.3, -0.25) is 10.2 Å². The van der Waals surface area contributed by atoms with Crippen molar-refractivity contribution < 1.29 is 4.79 Å². The van der Waals surface area contributed by atoms with Crippen molar-refractivity contribution in [2.45, 2.75) is 13.8 Å². The third-order valence-electron chi connectivity index (χ3n) is 2.41. The van der Waals surface area contributed by atoms with Crippen molar-refractivity contribution in [2.24, 2.45) is 5.84 Å². The van der Waals surface area contributed by atoms with Gasteiger partial charge in [-0.15, -0.1) is 0 Å². The minimum atomic E-state index is 0.00719.